The smallest absolute Gasteiger partial charge is 0.208 e. The zero-order chi connectivity index (χ0) is 11.4. The van der Waals surface area contributed by atoms with Gasteiger partial charge >= 0.3 is 0 Å². The molecule has 0 aromatic rings. The lowest BCUT2D eigenvalue weighted by atomic mass is 10.3. The lowest BCUT2D eigenvalue weighted by Gasteiger charge is -2.01. The maximum absolute atomic E-state index is 9.86. The third-order valence-corrected chi connectivity index (χ3v) is 1.42. The van der Waals surface area contributed by atoms with Crippen molar-refractivity contribution >= 4 is 12.6 Å². The van der Waals surface area contributed by atoms with E-state index in [0.717, 1.165) is 5.76 Å². The van der Waals surface area contributed by atoms with Crippen LogP contribution >= 0.6 is 0 Å². The van der Waals surface area contributed by atoms with Crippen LogP contribution in [0.25, 0.3) is 0 Å². The molecule has 0 aliphatic rings. The Morgan fingerprint density at radius 3 is 2.93 bits per heavy atom. The highest BCUT2D eigenvalue weighted by Crippen LogP contribution is 1.96. The molecule has 1 amide bonds. The molecule has 0 atom stereocenters. The Labute approximate surface area is 89.9 Å². The lowest BCUT2D eigenvalue weighted by Crippen LogP contribution is -2.09. The Morgan fingerprint density at radius 2 is 2.33 bits per heavy atom. The van der Waals surface area contributed by atoms with Gasteiger partial charge in [0.05, 0.1) is 0 Å². The van der Waals surface area contributed by atoms with E-state index in [1.165, 1.54) is 0 Å². The summed E-state index contributed by atoms with van der Waals surface area (Å²) in [5, 5.41) is 2.43. The molecular formula is C10H17N3O2. The minimum Gasteiger partial charge on any atom is -0.409 e. The summed E-state index contributed by atoms with van der Waals surface area (Å²) in [6.45, 7) is 2.21. The second-order valence-corrected chi connectivity index (χ2v) is 2.48. The van der Waals surface area contributed by atoms with Crippen LogP contribution in [0.5, 0.6) is 0 Å². The van der Waals surface area contributed by atoms with E-state index in [1.807, 2.05) is 25.2 Å². The highest BCUT2D eigenvalue weighted by molar-refractivity contribution is 5.59. The quantitative estimate of drug-likeness (QED) is 0.156. The van der Waals surface area contributed by atoms with Crippen LogP contribution in [0.2, 0.25) is 0 Å². The number of hydrogen-bond acceptors (Lipinski definition) is 4. The summed E-state index contributed by atoms with van der Waals surface area (Å²) in [6.07, 6.45) is 8.64. The molecule has 0 heterocycles. The molecule has 0 aliphatic carbocycles. The molecular weight excluding hydrogens is 194 g/mol. The molecule has 5 nitrogen and oxygen atoms in total. The first-order valence-electron chi connectivity index (χ1n) is 4.67. The highest BCUT2D eigenvalue weighted by atomic mass is 16.6. The Kier molecular flexibility index (Phi) is 9.33. The van der Waals surface area contributed by atoms with E-state index in [0.29, 0.717) is 19.5 Å². The van der Waals surface area contributed by atoms with Crippen molar-refractivity contribution in [2.45, 2.75) is 13.3 Å². The first-order valence-corrected chi connectivity index (χ1v) is 4.67. The van der Waals surface area contributed by atoms with Crippen molar-refractivity contribution in [3.05, 3.63) is 24.0 Å². The van der Waals surface area contributed by atoms with Gasteiger partial charge in [-0.1, -0.05) is 6.08 Å². The van der Waals surface area contributed by atoms with Crippen molar-refractivity contribution in [2.75, 3.05) is 13.7 Å². The number of rotatable bonds is 8. The monoisotopic (exact) mass is 211 g/mol. The van der Waals surface area contributed by atoms with Crippen LogP contribution in [0.4, 0.5) is 0 Å². The van der Waals surface area contributed by atoms with Crippen molar-refractivity contribution in [3.8, 4) is 0 Å². The predicted molar refractivity (Wildman–Crippen MR) is 60.2 cm³/mol. The minimum absolute atomic E-state index is 0.320. The van der Waals surface area contributed by atoms with E-state index >= 15 is 0 Å². The van der Waals surface area contributed by atoms with E-state index in [2.05, 4.69) is 15.8 Å². The molecule has 0 bridgehead atoms. The van der Waals surface area contributed by atoms with E-state index in [1.54, 1.807) is 13.3 Å². The van der Waals surface area contributed by atoms with Crippen LogP contribution in [-0.2, 0) is 9.63 Å². The second-order valence-electron chi connectivity index (χ2n) is 2.48. The zero-order valence-electron chi connectivity index (χ0n) is 9.06. The van der Waals surface area contributed by atoms with Gasteiger partial charge in [-0.25, -0.2) is 0 Å². The summed E-state index contributed by atoms with van der Waals surface area (Å²) >= 11 is 0. The fourth-order valence-electron chi connectivity index (χ4n) is 0.781. The summed E-state index contributed by atoms with van der Waals surface area (Å²) in [6, 6.07) is 0. The molecule has 0 unspecified atom stereocenters. The van der Waals surface area contributed by atoms with Crippen LogP contribution < -0.4 is 10.8 Å². The standard InChI is InChI=1S/C10H17N3O2/c1-3-10(15-11-2)6-4-5-7-12-8-13-9-14/h3-4,6-7,9,11H,5,8H2,1-2H3,(H,13,14)/b6-4-,10-3+,12-7+. The van der Waals surface area contributed by atoms with E-state index in [9.17, 15) is 4.79 Å². The number of carbonyl (C=O) groups excluding carboxylic acids is 1. The molecule has 84 valence electrons. The van der Waals surface area contributed by atoms with Crippen molar-refractivity contribution < 1.29 is 9.63 Å². The van der Waals surface area contributed by atoms with Gasteiger partial charge in [-0.15, -0.1) is 0 Å². The maximum Gasteiger partial charge on any atom is 0.208 e. The topological polar surface area (TPSA) is 62.7 Å². The molecule has 0 aromatic carbocycles. The van der Waals surface area contributed by atoms with Crippen molar-refractivity contribution in [1.29, 1.82) is 0 Å². The van der Waals surface area contributed by atoms with E-state index < -0.39 is 0 Å². The van der Waals surface area contributed by atoms with Gasteiger partial charge in [0, 0.05) is 19.7 Å². The molecule has 0 spiro atoms. The predicted octanol–water partition coefficient (Wildman–Crippen LogP) is 0.762. The Balaban J connectivity index is 3.68. The largest absolute Gasteiger partial charge is 0.409 e. The van der Waals surface area contributed by atoms with Gasteiger partial charge in [0.15, 0.2) is 0 Å². The van der Waals surface area contributed by atoms with E-state index in [4.69, 9.17) is 4.84 Å². The number of hydroxylamine groups is 1. The molecule has 15 heavy (non-hydrogen) atoms. The number of amides is 1. The van der Waals surface area contributed by atoms with Gasteiger partial charge in [0.2, 0.25) is 6.41 Å². The fourth-order valence-corrected chi connectivity index (χ4v) is 0.781. The van der Waals surface area contributed by atoms with Crippen LogP contribution in [0.3, 0.4) is 0 Å². The number of nitrogens with one attached hydrogen (secondary N) is 2. The molecule has 0 aromatic heterocycles. The van der Waals surface area contributed by atoms with E-state index in [-0.39, 0.29) is 0 Å². The summed E-state index contributed by atoms with van der Waals surface area (Å²) in [5.74, 6) is 0.747. The first-order chi connectivity index (χ1) is 7.35. The Hall–Kier alpha value is -1.62. The summed E-state index contributed by atoms with van der Waals surface area (Å²) in [5.41, 5.74) is 2.59. The highest BCUT2D eigenvalue weighted by Gasteiger charge is 1.86. The van der Waals surface area contributed by atoms with Gasteiger partial charge in [0.25, 0.3) is 0 Å². The summed E-state index contributed by atoms with van der Waals surface area (Å²) in [7, 11) is 1.70. The minimum atomic E-state index is 0.320. The molecule has 0 rings (SSSR count). The van der Waals surface area contributed by atoms with Gasteiger partial charge < -0.3 is 10.2 Å². The molecule has 0 radical (unpaired) electrons. The lowest BCUT2D eigenvalue weighted by molar-refractivity contribution is -0.109. The zero-order valence-corrected chi connectivity index (χ0v) is 9.06. The van der Waals surface area contributed by atoms with Crippen molar-refractivity contribution in [2.24, 2.45) is 4.99 Å². The third kappa shape index (κ3) is 8.70. The Morgan fingerprint density at radius 1 is 1.53 bits per heavy atom. The molecule has 0 saturated heterocycles. The average molecular weight is 211 g/mol. The van der Waals surface area contributed by atoms with Crippen LogP contribution in [0.1, 0.15) is 13.3 Å². The molecule has 0 fully saturated rings. The summed E-state index contributed by atoms with van der Waals surface area (Å²) in [4.78, 5) is 18.9. The number of carbonyl (C=O) groups is 1. The first kappa shape index (κ1) is 13.4. The molecule has 2 N–H and O–H groups in total. The maximum atomic E-state index is 9.86. The van der Waals surface area contributed by atoms with Crippen LogP contribution in [-0.4, -0.2) is 26.3 Å². The van der Waals surface area contributed by atoms with Gasteiger partial charge in [-0.2, -0.15) is 5.48 Å². The normalized spacial score (nSPS) is 12.3. The SMILES string of the molecule is C/C=C(\C=C/C/C=N/CNC=O)ONC. The number of aliphatic imine (C=N–C) groups is 1. The van der Waals surface area contributed by atoms with Crippen LogP contribution in [0, 0.1) is 0 Å². The van der Waals surface area contributed by atoms with Gasteiger partial charge in [-0.3, -0.25) is 9.79 Å². The fraction of sp³-hybridized carbons (Fsp3) is 0.400. The molecule has 5 heteroatoms. The number of hydrogen-bond donors (Lipinski definition) is 2. The van der Waals surface area contributed by atoms with Gasteiger partial charge in [-0.05, 0) is 19.1 Å². The van der Waals surface area contributed by atoms with Crippen LogP contribution in [0.15, 0.2) is 29.0 Å². The number of nitrogens with zero attached hydrogens (tertiary/aromatic N) is 1. The van der Waals surface area contributed by atoms with Crippen molar-refractivity contribution in [3.63, 3.8) is 0 Å². The molecule has 0 saturated carbocycles. The second kappa shape index (κ2) is 10.5. The molecule has 0 aliphatic heterocycles. The average Bonchev–Trinajstić information content (AvgIpc) is 2.26. The van der Waals surface area contributed by atoms with Crippen molar-refractivity contribution in [1.82, 2.24) is 10.8 Å². The summed E-state index contributed by atoms with van der Waals surface area (Å²) < 4.78 is 0. The number of allylic oxidation sites excluding steroid dienone is 3. The third-order valence-electron chi connectivity index (χ3n) is 1.42. The van der Waals surface area contributed by atoms with Gasteiger partial charge in [0.1, 0.15) is 12.4 Å². The Bertz CT molecular complexity index is 247.